The van der Waals surface area contributed by atoms with Crippen molar-refractivity contribution in [2.45, 2.75) is 63.9 Å². The quantitative estimate of drug-likeness (QED) is 0.152. The minimum Gasteiger partial charge on any atom is -0.465 e. The molecule has 0 radical (unpaired) electrons. The molecule has 4 aromatic rings. The van der Waals surface area contributed by atoms with Crippen LogP contribution in [0.3, 0.4) is 0 Å². The highest BCUT2D eigenvalue weighted by Gasteiger charge is 2.31. The van der Waals surface area contributed by atoms with Crippen LogP contribution in [0.2, 0.25) is 0 Å². The number of carbonyl (C=O) groups is 2. The summed E-state index contributed by atoms with van der Waals surface area (Å²) in [5.41, 5.74) is 6.08. The molecule has 0 amide bonds. The van der Waals surface area contributed by atoms with Crippen LogP contribution in [0.1, 0.15) is 60.8 Å². The molecule has 2 fully saturated rings. The Bertz CT molecular complexity index is 1900. The molecule has 58 heavy (non-hydrogen) atoms. The standard InChI is InChI=1S/C44H48N6O8/c51-41(57-49-25-23-45-43(49)47-35-15-7-31(8-16-35)29-33-11-19-37(20-12-33)55-39-5-1-3-27-53-39)42(52)58-50-26-24-46-44(50)48-36-17-9-32(10-18-36)30-34-13-21-38(22-14-34)56-40-6-2-4-28-54-40/h7-22,39-40H,1-6,23-30H2,(H,45,47)(H,46,48). The van der Waals surface area contributed by atoms with E-state index in [4.69, 9.17) is 28.6 Å². The Morgan fingerprint density at radius 1 is 0.552 bits per heavy atom. The van der Waals surface area contributed by atoms with Gasteiger partial charge in [-0.1, -0.05) is 48.5 Å². The molecule has 4 aliphatic heterocycles. The van der Waals surface area contributed by atoms with Gasteiger partial charge in [-0.2, -0.15) is 10.1 Å². The fraction of sp³-hybridized carbons (Fsp3) is 0.364. The van der Waals surface area contributed by atoms with Crippen LogP contribution >= 0.6 is 0 Å². The molecule has 4 heterocycles. The lowest BCUT2D eigenvalue weighted by Gasteiger charge is -2.23. The molecule has 4 aliphatic rings. The van der Waals surface area contributed by atoms with Gasteiger partial charge < -0.3 is 39.3 Å². The first-order valence-electron chi connectivity index (χ1n) is 20.0. The molecule has 2 saturated heterocycles. The number of rotatable bonds is 12. The molecule has 4 aromatic carbocycles. The highest BCUT2D eigenvalue weighted by Crippen LogP contribution is 2.24. The van der Waals surface area contributed by atoms with Gasteiger partial charge in [0.2, 0.25) is 11.9 Å². The van der Waals surface area contributed by atoms with Gasteiger partial charge in [-0.05, 0) is 109 Å². The fourth-order valence-corrected chi connectivity index (χ4v) is 6.94. The van der Waals surface area contributed by atoms with E-state index in [0.29, 0.717) is 25.0 Å². The van der Waals surface area contributed by atoms with Crippen LogP contribution in [-0.4, -0.2) is 86.0 Å². The van der Waals surface area contributed by atoms with Gasteiger partial charge in [0.15, 0.2) is 12.6 Å². The Balaban J connectivity index is 0.767. The SMILES string of the molecule is O=C(ON1CCN=C1Nc1ccc(Cc2ccc(OC3CCCCO3)cc2)cc1)C(=O)ON1CCN=C1Nc1ccc(Cc2ccc(OC3CCCCO3)cc2)cc1. The summed E-state index contributed by atoms with van der Waals surface area (Å²) in [6.45, 7) is 2.84. The van der Waals surface area contributed by atoms with E-state index in [9.17, 15) is 9.59 Å². The van der Waals surface area contributed by atoms with Gasteiger partial charge in [0.05, 0.1) is 39.4 Å². The van der Waals surface area contributed by atoms with Crippen LogP contribution in [0.5, 0.6) is 11.5 Å². The zero-order chi connectivity index (χ0) is 39.5. The minimum atomic E-state index is -1.17. The third-order valence-electron chi connectivity index (χ3n) is 10.0. The number of benzene rings is 4. The van der Waals surface area contributed by atoms with E-state index in [-0.39, 0.29) is 25.7 Å². The summed E-state index contributed by atoms with van der Waals surface area (Å²) >= 11 is 0. The Morgan fingerprint density at radius 2 is 0.931 bits per heavy atom. The number of nitrogens with zero attached hydrogens (tertiary/aromatic N) is 4. The monoisotopic (exact) mass is 788 g/mol. The second-order valence-electron chi connectivity index (χ2n) is 14.5. The number of hydrogen-bond acceptors (Lipinski definition) is 14. The van der Waals surface area contributed by atoms with Crippen molar-refractivity contribution in [3.05, 3.63) is 119 Å². The topological polar surface area (TPSA) is 145 Å². The van der Waals surface area contributed by atoms with Gasteiger partial charge in [-0.3, -0.25) is 0 Å². The number of ether oxygens (including phenoxy) is 4. The van der Waals surface area contributed by atoms with E-state index in [1.165, 1.54) is 10.1 Å². The number of nitrogens with one attached hydrogen (secondary N) is 2. The number of hydroxylamine groups is 4. The normalized spacial score (nSPS) is 19.2. The molecule has 0 aliphatic carbocycles. The molecule has 14 heteroatoms. The van der Waals surface area contributed by atoms with Crippen molar-refractivity contribution >= 4 is 35.2 Å². The summed E-state index contributed by atoms with van der Waals surface area (Å²) in [5.74, 6) is -0.104. The minimum absolute atomic E-state index is 0.168. The molecule has 8 rings (SSSR count). The Labute approximate surface area is 337 Å². The lowest BCUT2D eigenvalue weighted by Crippen LogP contribution is -2.41. The molecule has 2 atom stereocenters. The lowest BCUT2D eigenvalue weighted by molar-refractivity contribution is -0.198. The van der Waals surface area contributed by atoms with Gasteiger partial charge in [0.1, 0.15) is 11.5 Å². The number of guanidine groups is 2. The summed E-state index contributed by atoms with van der Waals surface area (Å²) in [7, 11) is 0. The van der Waals surface area contributed by atoms with Crippen molar-refractivity contribution < 1.29 is 38.2 Å². The molecule has 2 N–H and O–H groups in total. The molecular weight excluding hydrogens is 741 g/mol. The van der Waals surface area contributed by atoms with E-state index in [1.807, 2.05) is 72.8 Å². The van der Waals surface area contributed by atoms with Crippen molar-refractivity contribution in [1.82, 2.24) is 10.1 Å². The number of aliphatic imine (C=N–C) groups is 2. The van der Waals surface area contributed by atoms with E-state index >= 15 is 0 Å². The highest BCUT2D eigenvalue weighted by atomic mass is 16.8. The summed E-state index contributed by atoms with van der Waals surface area (Å²) in [6, 6.07) is 32.0. The summed E-state index contributed by atoms with van der Waals surface area (Å²) in [5, 5.41) is 8.88. The fourth-order valence-electron chi connectivity index (χ4n) is 6.94. The summed E-state index contributed by atoms with van der Waals surface area (Å²) in [4.78, 5) is 45.3. The first kappa shape index (κ1) is 38.7. The van der Waals surface area contributed by atoms with Crippen molar-refractivity contribution in [1.29, 1.82) is 0 Å². The van der Waals surface area contributed by atoms with Crippen molar-refractivity contribution in [3.8, 4) is 11.5 Å². The number of anilines is 2. The van der Waals surface area contributed by atoms with Crippen LogP contribution in [-0.2, 0) is 41.6 Å². The van der Waals surface area contributed by atoms with Crippen LogP contribution in [0.4, 0.5) is 11.4 Å². The van der Waals surface area contributed by atoms with Crippen LogP contribution in [0.25, 0.3) is 0 Å². The molecule has 14 nitrogen and oxygen atoms in total. The maximum absolute atomic E-state index is 12.8. The van der Waals surface area contributed by atoms with E-state index in [0.717, 1.165) is 110 Å². The third-order valence-corrected chi connectivity index (χ3v) is 10.0. The van der Waals surface area contributed by atoms with Crippen LogP contribution in [0.15, 0.2) is 107 Å². The third kappa shape index (κ3) is 10.6. The largest absolute Gasteiger partial charge is 0.465 e. The van der Waals surface area contributed by atoms with Crippen LogP contribution < -0.4 is 20.1 Å². The van der Waals surface area contributed by atoms with Gasteiger partial charge in [-0.25, -0.2) is 19.6 Å². The molecule has 0 aromatic heterocycles. The van der Waals surface area contributed by atoms with Gasteiger partial charge >= 0.3 is 11.9 Å². The number of hydrogen-bond donors (Lipinski definition) is 2. The second kappa shape index (κ2) is 18.9. The van der Waals surface area contributed by atoms with Gasteiger partial charge in [0, 0.05) is 24.2 Å². The van der Waals surface area contributed by atoms with Crippen molar-refractivity contribution in [3.63, 3.8) is 0 Å². The second-order valence-corrected chi connectivity index (χ2v) is 14.5. The zero-order valence-corrected chi connectivity index (χ0v) is 32.3. The predicted octanol–water partition coefficient (Wildman–Crippen LogP) is 6.46. The maximum atomic E-state index is 12.8. The first-order valence-corrected chi connectivity index (χ1v) is 20.0. The average molecular weight is 789 g/mol. The lowest BCUT2D eigenvalue weighted by atomic mass is 10.0. The maximum Gasteiger partial charge on any atom is 0.444 e. The van der Waals surface area contributed by atoms with E-state index < -0.39 is 11.9 Å². The molecule has 0 spiro atoms. The number of carbonyl (C=O) groups excluding carboxylic acids is 2. The van der Waals surface area contributed by atoms with Crippen LogP contribution in [0, 0.1) is 0 Å². The van der Waals surface area contributed by atoms with Gasteiger partial charge in [-0.15, -0.1) is 0 Å². The Kier molecular flexibility index (Phi) is 12.6. The molecule has 2 unspecified atom stereocenters. The summed E-state index contributed by atoms with van der Waals surface area (Å²) < 4.78 is 23.3. The zero-order valence-electron chi connectivity index (χ0n) is 32.3. The van der Waals surface area contributed by atoms with Crippen molar-refractivity contribution in [2.75, 3.05) is 50.0 Å². The Morgan fingerprint density at radius 3 is 1.29 bits per heavy atom. The smallest absolute Gasteiger partial charge is 0.444 e. The van der Waals surface area contributed by atoms with E-state index in [1.54, 1.807) is 0 Å². The molecule has 0 bridgehead atoms. The average Bonchev–Trinajstić information content (AvgIpc) is 3.89. The Hall–Kier alpha value is -6.12. The van der Waals surface area contributed by atoms with Gasteiger partial charge in [0.25, 0.3) is 0 Å². The summed E-state index contributed by atoms with van der Waals surface area (Å²) in [6.07, 6.45) is 7.41. The molecular formula is C44H48N6O8. The first-order chi connectivity index (χ1) is 28.5. The highest BCUT2D eigenvalue weighted by molar-refractivity contribution is 6.30. The molecule has 302 valence electrons. The van der Waals surface area contributed by atoms with E-state index in [2.05, 4.69) is 44.9 Å². The molecule has 0 saturated carbocycles. The van der Waals surface area contributed by atoms with Crippen molar-refractivity contribution in [2.24, 2.45) is 9.98 Å². The predicted molar refractivity (Wildman–Crippen MR) is 217 cm³/mol.